The third-order valence-corrected chi connectivity index (χ3v) is 3.69. The number of H-pyrrole nitrogens is 1. The first kappa shape index (κ1) is 15.4. The zero-order valence-electron chi connectivity index (χ0n) is 11.5. The number of hydrogen-bond acceptors (Lipinski definition) is 2. The lowest BCUT2D eigenvalue weighted by Gasteiger charge is -2.06. The van der Waals surface area contributed by atoms with Gasteiger partial charge in [0.25, 0.3) is 0 Å². The van der Waals surface area contributed by atoms with Crippen molar-refractivity contribution >= 4 is 12.2 Å². The average Bonchev–Trinajstić information content (AvgIpc) is 2.73. The topological polar surface area (TPSA) is 41.0 Å². The second-order valence-corrected chi connectivity index (χ2v) is 5.26. The first-order valence-corrected chi connectivity index (χ1v) is 7.58. The third kappa shape index (κ3) is 5.36. The molecule has 0 aliphatic carbocycles. The molecule has 0 radical (unpaired) electrons. The SMILES string of the molecule is CCCCCCCCCCn1c(CO)c[nH]c1=S. The van der Waals surface area contributed by atoms with Crippen LogP contribution in [0.15, 0.2) is 6.20 Å². The van der Waals surface area contributed by atoms with E-state index in [-0.39, 0.29) is 6.61 Å². The minimum Gasteiger partial charge on any atom is -0.390 e. The van der Waals surface area contributed by atoms with Crippen molar-refractivity contribution in [2.45, 2.75) is 71.4 Å². The summed E-state index contributed by atoms with van der Waals surface area (Å²) in [6.07, 6.45) is 12.3. The highest BCUT2D eigenvalue weighted by molar-refractivity contribution is 7.71. The van der Waals surface area contributed by atoms with E-state index in [2.05, 4.69) is 11.9 Å². The van der Waals surface area contributed by atoms with Crippen molar-refractivity contribution in [3.05, 3.63) is 16.7 Å². The van der Waals surface area contributed by atoms with E-state index >= 15 is 0 Å². The highest BCUT2D eigenvalue weighted by Crippen LogP contribution is 2.10. The van der Waals surface area contributed by atoms with Crippen LogP contribution < -0.4 is 0 Å². The van der Waals surface area contributed by atoms with Crippen molar-refractivity contribution in [2.24, 2.45) is 0 Å². The molecule has 104 valence electrons. The molecule has 0 aliphatic heterocycles. The fourth-order valence-electron chi connectivity index (χ4n) is 2.21. The number of aliphatic hydroxyl groups is 1. The Labute approximate surface area is 115 Å². The van der Waals surface area contributed by atoms with E-state index in [1.54, 1.807) is 6.20 Å². The predicted octanol–water partition coefficient (Wildman–Crippen LogP) is 4.18. The van der Waals surface area contributed by atoms with Gasteiger partial charge in [-0.1, -0.05) is 51.9 Å². The van der Waals surface area contributed by atoms with E-state index in [4.69, 9.17) is 17.3 Å². The second-order valence-electron chi connectivity index (χ2n) is 4.87. The highest BCUT2D eigenvalue weighted by Gasteiger charge is 2.01. The third-order valence-electron chi connectivity index (χ3n) is 3.35. The number of aromatic nitrogens is 2. The molecule has 1 aromatic rings. The molecule has 18 heavy (non-hydrogen) atoms. The second kappa shape index (κ2) is 9.34. The Morgan fingerprint density at radius 2 is 1.72 bits per heavy atom. The molecule has 0 fully saturated rings. The molecule has 0 amide bonds. The molecule has 0 aromatic carbocycles. The number of hydrogen-bond donors (Lipinski definition) is 2. The number of imidazole rings is 1. The smallest absolute Gasteiger partial charge is 0.177 e. The molecular weight excluding hydrogens is 244 g/mol. The van der Waals surface area contributed by atoms with Gasteiger partial charge in [0.15, 0.2) is 4.77 Å². The Hall–Kier alpha value is -0.610. The minimum atomic E-state index is 0.0597. The molecule has 0 spiro atoms. The maximum Gasteiger partial charge on any atom is 0.177 e. The Kier molecular flexibility index (Phi) is 8.01. The van der Waals surface area contributed by atoms with E-state index in [1.807, 2.05) is 4.57 Å². The van der Waals surface area contributed by atoms with E-state index in [9.17, 15) is 0 Å². The molecule has 0 saturated carbocycles. The number of aromatic amines is 1. The van der Waals surface area contributed by atoms with Gasteiger partial charge in [-0.15, -0.1) is 0 Å². The number of rotatable bonds is 10. The van der Waals surface area contributed by atoms with Crippen LogP contribution in [0.4, 0.5) is 0 Å². The van der Waals surface area contributed by atoms with Crippen LogP contribution in [-0.2, 0) is 13.2 Å². The van der Waals surface area contributed by atoms with Gasteiger partial charge in [0, 0.05) is 12.7 Å². The molecule has 0 aliphatic rings. The summed E-state index contributed by atoms with van der Waals surface area (Å²) in [5.74, 6) is 0. The Morgan fingerprint density at radius 1 is 1.11 bits per heavy atom. The van der Waals surface area contributed by atoms with Crippen LogP contribution in [0.5, 0.6) is 0 Å². The minimum absolute atomic E-state index is 0.0597. The van der Waals surface area contributed by atoms with E-state index in [0.29, 0.717) is 0 Å². The van der Waals surface area contributed by atoms with Gasteiger partial charge in [0.1, 0.15) is 0 Å². The molecular formula is C14H26N2OS. The molecule has 0 bridgehead atoms. The normalized spacial score (nSPS) is 11.0. The van der Waals surface area contributed by atoms with Gasteiger partial charge in [0.05, 0.1) is 12.3 Å². The fourth-order valence-corrected chi connectivity index (χ4v) is 2.48. The van der Waals surface area contributed by atoms with Crippen molar-refractivity contribution < 1.29 is 5.11 Å². The van der Waals surface area contributed by atoms with Gasteiger partial charge in [-0.25, -0.2) is 0 Å². The van der Waals surface area contributed by atoms with Crippen LogP contribution in [-0.4, -0.2) is 14.7 Å². The molecule has 4 heteroatoms. The summed E-state index contributed by atoms with van der Waals surface area (Å²) in [4.78, 5) is 2.98. The first-order valence-electron chi connectivity index (χ1n) is 7.17. The summed E-state index contributed by atoms with van der Waals surface area (Å²) in [7, 11) is 0. The van der Waals surface area contributed by atoms with Crippen LogP contribution >= 0.6 is 12.2 Å². The van der Waals surface area contributed by atoms with Gasteiger partial charge in [-0.3, -0.25) is 0 Å². The molecule has 1 aromatic heterocycles. The Bertz CT molecular complexity index is 370. The molecule has 0 saturated heterocycles. The summed E-state index contributed by atoms with van der Waals surface area (Å²) in [6, 6.07) is 0. The van der Waals surface area contributed by atoms with E-state index in [1.165, 1.54) is 44.9 Å². The predicted molar refractivity (Wildman–Crippen MR) is 78.1 cm³/mol. The van der Waals surface area contributed by atoms with Gasteiger partial charge in [-0.2, -0.15) is 0 Å². The Morgan fingerprint density at radius 3 is 2.33 bits per heavy atom. The maximum absolute atomic E-state index is 9.17. The standard InChI is InChI=1S/C14H26N2OS/c1-2-3-4-5-6-7-8-9-10-16-13(12-17)11-15-14(16)18/h11,17H,2-10,12H2,1H3,(H,15,18). The van der Waals surface area contributed by atoms with Gasteiger partial charge >= 0.3 is 0 Å². The monoisotopic (exact) mass is 270 g/mol. The number of nitrogens with one attached hydrogen (secondary N) is 1. The molecule has 1 heterocycles. The zero-order chi connectivity index (χ0) is 13.2. The van der Waals surface area contributed by atoms with Crippen LogP contribution in [0.3, 0.4) is 0 Å². The molecule has 0 atom stereocenters. The van der Waals surface area contributed by atoms with Gasteiger partial charge in [-0.05, 0) is 18.6 Å². The summed E-state index contributed by atoms with van der Waals surface area (Å²) < 4.78 is 2.73. The van der Waals surface area contributed by atoms with E-state index in [0.717, 1.165) is 23.4 Å². The van der Waals surface area contributed by atoms with Gasteiger partial charge in [0.2, 0.25) is 0 Å². The van der Waals surface area contributed by atoms with Crippen molar-refractivity contribution in [3.8, 4) is 0 Å². The number of nitrogens with zero attached hydrogens (tertiary/aromatic N) is 1. The average molecular weight is 270 g/mol. The maximum atomic E-state index is 9.17. The zero-order valence-corrected chi connectivity index (χ0v) is 12.3. The quantitative estimate of drug-likeness (QED) is 0.494. The van der Waals surface area contributed by atoms with Crippen LogP contribution in [0, 0.1) is 4.77 Å². The van der Waals surface area contributed by atoms with Crippen molar-refractivity contribution in [2.75, 3.05) is 0 Å². The van der Waals surface area contributed by atoms with Crippen molar-refractivity contribution in [3.63, 3.8) is 0 Å². The lowest BCUT2D eigenvalue weighted by Crippen LogP contribution is -2.03. The van der Waals surface area contributed by atoms with Gasteiger partial charge < -0.3 is 14.7 Å². The van der Waals surface area contributed by atoms with Crippen molar-refractivity contribution in [1.29, 1.82) is 0 Å². The number of aliphatic hydroxyl groups excluding tert-OH is 1. The molecule has 0 unspecified atom stereocenters. The van der Waals surface area contributed by atoms with Crippen molar-refractivity contribution in [1.82, 2.24) is 9.55 Å². The summed E-state index contributed by atoms with van der Waals surface area (Å²) in [6.45, 7) is 3.23. The van der Waals surface area contributed by atoms with Crippen LogP contribution in [0.2, 0.25) is 0 Å². The number of unbranched alkanes of at least 4 members (excludes halogenated alkanes) is 7. The van der Waals surface area contributed by atoms with E-state index < -0.39 is 0 Å². The summed E-state index contributed by atoms with van der Waals surface area (Å²) in [5, 5.41) is 9.17. The molecule has 1 rings (SSSR count). The van der Waals surface area contributed by atoms with Crippen LogP contribution in [0.25, 0.3) is 0 Å². The fraction of sp³-hybridized carbons (Fsp3) is 0.786. The Balaban J connectivity index is 2.10. The lowest BCUT2D eigenvalue weighted by atomic mass is 10.1. The molecule has 3 nitrogen and oxygen atoms in total. The lowest BCUT2D eigenvalue weighted by molar-refractivity contribution is 0.269. The summed E-state index contributed by atoms with van der Waals surface area (Å²) in [5.41, 5.74) is 0.892. The molecule has 2 N–H and O–H groups in total. The first-order chi connectivity index (χ1) is 8.79. The summed E-state index contributed by atoms with van der Waals surface area (Å²) >= 11 is 5.18. The highest BCUT2D eigenvalue weighted by atomic mass is 32.1. The largest absolute Gasteiger partial charge is 0.390 e. The van der Waals surface area contributed by atoms with Crippen LogP contribution in [0.1, 0.15) is 64.0 Å².